The first-order chi connectivity index (χ1) is 10.2. The molecule has 1 amide bonds. The first-order valence-corrected chi connectivity index (χ1v) is 7.82. The maximum atomic E-state index is 11.9. The molecule has 0 radical (unpaired) electrons. The largest absolute Gasteiger partial charge is 0.381 e. The molecule has 0 unspecified atom stereocenters. The number of rotatable bonds is 10. The average Bonchev–Trinajstić information content (AvgIpc) is 2.48. The van der Waals surface area contributed by atoms with Gasteiger partial charge in [0.15, 0.2) is 0 Å². The molecule has 6 heteroatoms. The molecule has 0 bridgehead atoms. The van der Waals surface area contributed by atoms with Crippen LogP contribution >= 0.6 is 11.6 Å². The van der Waals surface area contributed by atoms with Gasteiger partial charge in [0.2, 0.25) is 0 Å². The van der Waals surface area contributed by atoms with Gasteiger partial charge < -0.3 is 15.4 Å². The highest BCUT2D eigenvalue weighted by molar-refractivity contribution is 6.33. The first kappa shape index (κ1) is 17.7. The molecule has 0 fully saturated rings. The molecule has 0 aliphatic rings. The van der Waals surface area contributed by atoms with Crippen LogP contribution in [-0.2, 0) is 4.74 Å². The molecule has 0 spiro atoms. The number of nitrogens with zero attached hydrogens (tertiary/aromatic N) is 1. The van der Waals surface area contributed by atoms with Crippen LogP contribution in [0.4, 0.5) is 5.82 Å². The van der Waals surface area contributed by atoms with Crippen molar-refractivity contribution in [2.45, 2.75) is 33.1 Å². The number of hydrogen-bond donors (Lipinski definition) is 2. The zero-order valence-electron chi connectivity index (χ0n) is 12.7. The van der Waals surface area contributed by atoms with E-state index in [2.05, 4.69) is 22.5 Å². The van der Waals surface area contributed by atoms with Crippen molar-refractivity contribution in [3.63, 3.8) is 0 Å². The van der Waals surface area contributed by atoms with E-state index < -0.39 is 0 Å². The van der Waals surface area contributed by atoms with Crippen molar-refractivity contribution >= 4 is 23.3 Å². The highest BCUT2D eigenvalue weighted by atomic mass is 35.5. The van der Waals surface area contributed by atoms with Gasteiger partial charge in [0.05, 0.1) is 10.6 Å². The second-order valence-corrected chi connectivity index (χ2v) is 5.07. The van der Waals surface area contributed by atoms with Crippen molar-refractivity contribution in [1.29, 1.82) is 0 Å². The van der Waals surface area contributed by atoms with Gasteiger partial charge in [-0.25, -0.2) is 4.98 Å². The van der Waals surface area contributed by atoms with Gasteiger partial charge in [-0.2, -0.15) is 0 Å². The summed E-state index contributed by atoms with van der Waals surface area (Å²) in [4.78, 5) is 16.1. The normalized spacial score (nSPS) is 10.4. The lowest BCUT2D eigenvalue weighted by molar-refractivity contribution is 0.0940. The highest BCUT2D eigenvalue weighted by Crippen LogP contribution is 2.19. The monoisotopic (exact) mass is 313 g/mol. The summed E-state index contributed by atoms with van der Waals surface area (Å²) >= 11 is 6.06. The van der Waals surface area contributed by atoms with Gasteiger partial charge in [0.25, 0.3) is 5.91 Å². The molecular formula is C15H24ClN3O2. The maximum Gasteiger partial charge on any atom is 0.252 e. The van der Waals surface area contributed by atoms with E-state index in [0.717, 1.165) is 32.4 Å². The number of carbonyl (C=O) groups excluding carboxylic acids is 1. The van der Waals surface area contributed by atoms with Crippen LogP contribution in [0.15, 0.2) is 12.3 Å². The molecule has 1 aromatic rings. The van der Waals surface area contributed by atoms with Crippen LogP contribution in [0, 0.1) is 0 Å². The van der Waals surface area contributed by atoms with Gasteiger partial charge in [0.1, 0.15) is 5.82 Å². The molecule has 2 N–H and O–H groups in total. The maximum absolute atomic E-state index is 11.9. The molecule has 0 aliphatic carbocycles. The Labute approximate surface area is 131 Å². The smallest absolute Gasteiger partial charge is 0.252 e. The second-order valence-electron chi connectivity index (χ2n) is 4.66. The second kappa shape index (κ2) is 10.4. The summed E-state index contributed by atoms with van der Waals surface area (Å²) in [5.41, 5.74) is 0.466. The van der Waals surface area contributed by atoms with Crippen LogP contribution in [0.25, 0.3) is 0 Å². The minimum atomic E-state index is -0.166. The van der Waals surface area contributed by atoms with E-state index in [0.29, 0.717) is 29.6 Å². The van der Waals surface area contributed by atoms with Gasteiger partial charge in [-0.05, 0) is 25.8 Å². The predicted molar refractivity (Wildman–Crippen MR) is 86.1 cm³/mol. The van der Waals surface area contributed by atoms with E-state index in [1.54, 1.807) is 6.07 Å². The van der Waals surface area contributed by atoms with Crippen LogP contribution in [0.5, 0.6) is 0 Å². The molecule has 0 aliphatic heterocycles. The third-order valence-electron chi connectivity index (χ3n) is 2.84. The number of unbranched alkanes of at least 4 members (excludes halogenated alkanes) is 1. The van der Waals surface area contributed by atoms with Crippen LogP contribution < -0.4 is 10.6 Å². The molecular weight excluding hydrogens is 290 g/mol. The number of nitrogens with one attached hydrogen (secondary N) is 2. The van der Waals surface area contributed by atoms with Gasteiger partial charge in [-0.3, -0.25) is 4.79 Å². The fourth-order valence-corrected chi connectivity index (χ4v) is 1.92. The van der Waals surface area contributed by atoms with Crippen molar-refractivity contribution in [3.8, 4) is 0 Å². The lowest BCUT2D eigenvalue weighted by Crippen LogP contribution is -2.25. The number of aromatic nitrogens is 1. The SMILES string of the molecule is CCCCOCCCNC(=O)c1cnc(NCC)c(Cl)c1. The lowest BCUT2D eigenvalue weighted by atomic mass is 10.2. The van der Waals surface area contributed by atoms with Crippen LogP contribution in [0.2, 0.25) is 5.02 Å². The van der Waals surface area contributed by atoms with E-state index in [1.165, 1.54) is 6.20 Å². The Bertz CT molecular complexity index is 441. The first-order valence-electron chi connectivity index (χ1n) is 7.44. The Morgan fingerprint density at radius 3 is 2.76 bits per heavy atom. The molecule has 0 atom stereocenters. The van der Waals surface area contributed by atoms with E-state index in [9.17, 15) is 4.79 Å². The molecule has 0 saturated carbocycles. The highest BCUT2D eigenvalue weighted by Gasteiger charge is 2.09. The number of halogens is 1. The van der Waals surface area contributed by atoms with Crippen molar-refractivity contribution in [2.75, 3.05) is 31.6 Å². The number of ether oxygens (including phenoxy) is 1. The van der Waals surface area contributed by atoms with E-state index >= 15 is 0 Å². The number of carbonyl (C=O) groups is 1. The van der Waals surface area contributed by atoms with Gasteiger partial charge in [-0.15, -0.1) is 0 Å². The third kappa shape index (κ3) is 6.78. The van der Waals surface area contributed by atoms with E-state index in [4.69, 9.17) is 16.3 Å². The number of pyridine rings is 1. The van der Waals surface area contributed by atoms with Crippen molar-refractivity contribution in [1.82, 2.24) is 10.3 Å². The summed E-state index contributed by atoms with van der Waals surface area (Å²) in [6.45, 7) is 6.85. The number of anilines is 1. The zero-order valence-corrected chi connectivity index (χ0v) is 13.5. The zero-order chi connectivity index (χ0) is 15.5. The minimum Gasteiger partial charge on any atom is -0.381 e. The van der Waals surface area contributed by atoms with Gasteiger partial charge in [0, 0.05) is 32.5 Å². The molecule has 0 saturated heterocycles. The van der Waals surface area contributed by atoms with Crippen molar-refractivity contribution in [2.24, 2.45) is 0 Å². The number of hydrogen-bond acceptors (Lipinski definition) is 4. The summed E-state index contributed by atoms with van der Waals surface area (Å²) in [5, 5.41) is 6.31. The topological polar surface area (TPSA) is 63.2 Å². The molecule has 0 aromatic carbocycles. The van der Waals surface area contributed by atoms with Crippen LogP contribution in [0.1, 0.15) is 43.5 Å². The predicted octanol–water partition coefficient (Wildman–Crippen LogP) is 3.10. The molecule has 5 nitrogen and oxygen atoms in total. The fraction of sp³-hybridized carbons (Fsp3) is 0.600. The summed E-state index contributed by atoms with van der Waals surface area (Å²) in [6.07, 6.45) is 4.53. The molecule has 21 heavy (non-hydrogen) atoms. The van der Waals surface area contributed by atoms with Crippen molar-refractivity contribution in [3.05, 3.63) is 22.8 Å². The Kier molecular flexibility index (Phi) is 8.78. The minimum absolute atomic E-state index is 0.166. The van der Waals surface area contributed by atoms with E-state index in [-0.39, 0.29) is 5.91 Å². The molecule has 118 valence electrons. The van der Waals surface area contributed by atoms with Gasteiger partial charge in [-0.1, -0.05) is 24.9 Å². The molecule has 1 rings (SSSR count). The summed E-state index contributed by atoms with van der Waals surface area (Å²) in [7, 11) is 0. The Morgan fingerprint density at radius 1 is 1.33 bits per heavy atom. The fourth-order valence-electron chi connectivity index (χ4n) is 1.69. The summed E-state index contributed by atoms with van der Waals surface area (Å²) in [6, 6.07) is 1.62. The standard InChI is InChI=1S/C15H24ClN3O2/c1-3-5-8-21-9-6-7-18-15(20)12-10-13(16)14(17-4-2)19-11-12/h10-11H,3-9H2,1-2H3,(H,17,19)(H,18,20). The van der Waals surface area contributed by atoms with Crippen molar-refractivity contribution < 1.29 is 9.53 Å². The Balaban J connectivity index is 2.30. The number of amides is 1. The summed E-state index contributed by atoms with van der Waals surface area (Å²) < 4.78 is 5.43. The average molecular weight is 314 g/mol. The van der Waals surface area contributed by atoms with Crippen LogP contribution in [-0.4, -0.2) is 37.2 Å². The van der Waals surface area contributed by atoms with Gasteiger partial charge >= 0.3 is 0 Å². The third-order valence-corrected chi connectivity index (χ3v) is 3.13. The summed E-state index contributed by atoms with van der Waals surface area (Å²) in [5.74, 6) is 0.432. The Morgan fingerprint density at radius 2 is 2.10 bits per heavy atom. The lowest BCUT2D eigenvalue weighted by Gasteiger charge is -2.08. The molecule has 1 heterocycles. The molecule has 1 aromatic heterocycles. The Hall–Kier alpha value is -1.33. The van der Waals surface area contributed by atoms with Crippen LogP contribution in [0.3, 0.4) is 0 Å². The van der Waals surface area contributed by atoms with E-state index in [1.807, 2.05) is 6.92 Å². The quantitative estimate of drug-likeness (QED) is 0.652.